The Balaban J connectivity index is 1.63. The van der Waals surface area contributed by atoms with Crippen LogP contribution in [0.4, 0.5) is 14.5 Å². The number of rotatable bonds is 11. The SMILES string of the molecule is COc1ccc(C(=O)O)cc1N(CCCCc1ccccc1)Cn1nnn(-c2c(F)cccc2F)c1=O. The fourth-order valence-electron chi connectivity index (χ4n) is 3.97. The first-order valence-electron chi connectivity index (χ1n) is 11.6. The Labute approximate surface area is 211 Å². The normalized spacial score (nSPS) is 10.9. The van der Waals surface area contributed by atoms with E-state index in [-0.39, 0.29) is 12.2 Å². The van der Waals surface area contributed by atoms with Gasteiger partial charge in [-0.05, 0) is 65.6 Å². The van der Waals surface area contributed by atoms with Crippen molar-refractivity contribution in [3.8, 4) is 11.4 Å². The predicted octanol–water partition coefficient (Wildman–Crippen LogP) is 3.90. The van der Waals surface area contributed by atoms with Gasteiger partial charge in [-0.15, -0.1) is 0 Å². The van der Waals surface area contributed by atoms with E-state index in [1.54, 1.807) is 4.90 Å². The summed E-state index contributed by atoms with van der Waals surface area (Å²) in [7, 11) is 1.45. The maximum Gasteiger partial charge on any atom is 0.370 e. The van der Waals surface area contributed by atoms with Gasteiger partial charge < -0.3 is 14.7 Å². The highest BCUT2D eigenvalue weighted by Gasteiger charge is 2.21. The lowest BCUT2D eigenvalue weighted by atomic mass is 10.1. The largest absolute Gasteiger partial charge is 0.495 e. The molecule has 37 heavy (non-hydrogen) atoms. The molecule has 1 aromatic heterocycles. The number of para-hydroxylation sites is 1. The molecule has 4 rings (SSSR count). The second-order valence-electron chi connectivity index (χ2n) is 8.28. The molecular weight excluding hydrogens is 484 g/mol. The summed E-state index contributed by atoms with van der Waals surface area (Å²) in [6, 6.07) is 17.6. The van der Waals surface area contributed by atoms with E-state index in [0.717, 1.165) is 29.7 Å². The summed E-state index contributed by atoms with van der Waals surface area (Å²) in [6.07, 6.45) is 2.35. The van der Waals surface area contributed by atoms with Crippen LogP contribution in [0.3, 0.4) is 0 Å². The van der Waals surface area contributed by atoms with Gasteiger partial charge in [-0.2, -0.15) is 9.36 Å². The van der Waals surface area contributed by atoms with E-state index in [0.29, 0.717) is 29.1 Å². The highest BCUT2D eigenvalue weighted by molar-refractivity contribution is 5.89. The molecule has 0 aliphatic rings. The third-order valence-electron chi connectivity index (χ3n) is 5.85. The fraction of sp³-hybridized carbons (Fsp3) is 0.231. The molecule has 4 aromatic rings. The van der Waals surface area contributed by atoms with E-state index in [4.69, 9.17) is 4.74 Å². The lowest BCUT2D eigenvalue weighted by Gasteiger charge is -2.26. The van der Waals surface area contributed by atoms with E-state index in [1.165, 1.54) is 36.9 Å². The van der Waals surface area contributed by atoms with Crippen LogP contribution >= 0.6 is 0 Å². The molecule has 192 valence electrons. The number of halogens is 2. The monoisotopic (exact) mass is 509 g/mol. The number of aryl methyl sites for hydroxylation is 1. The molecule has 0 fully saturated rings. The van der Waals surface area contributed by atoms with Crippen molar-refractivity contribution in [2.75, 3.05) is 18.6 Å². The molecule has 3 aromatic carbocycles. The standard InChI is InChI=1S/C26H25F2N5O4/c1-37-23-14-13-19(25(34)35)16-22(23)31(15-6-5-10-18-8-3-2-4-9-18)17-32-26(36)33(30-29-32)24-20(27)11-7-12-21(24)28/h2-4,7-9,11-14,16H,5-6,10,15,17H2,1H3,(H,34,35). The van der Waals surface area contributed by atoms with Crippen LogP contribution in [0.2, 0.25) is 0 Å². The van der Waals surface area contributed by atoms with Crippen molar-refractivity contribution < 1.29 is 23.4 Å². The lowest BCUT2D eigenvalue weighted by molar-refractivity contribution is 0.0697. The van der Waals surface area contributed by atoms with Crippen LogP contribution in [0.5, 0.6) is 5.75 Å². The molecule has 0 atom stereocenters. The zero-order valence-electron chi connectivity index (χ0n) is 20.1. The highest BCUT2D eigenvalue weighted by Crippen LogP contribution is 2.30. The van der Waals surface area contributed by atoms with Gasteiger partial charge in [-0.1, -0.05) is 36.4 Å². The van der Waals surface area contributed by atoms with Crippen molar-refractivity contribution in [2.24, 2.45) is 0 Å². The first-order chi connectivity index (χ1) is 17.9. The molecule has 0 aliphatic carbocycles. The summed E-state index contributed by atoms with van der Waals surface area (Å²) in [4.78, 5) is 26.3. The number of hydrogen-bond donors (Lipinski definition) is 1. The Morgan fingerprint density at radius 1 is 1.00 bits per heavy atom. The summed E-state index contributed by atoms with van der Waals surface area (Å²) < 4.78 is 35.5. The third kappa shape index (κ3) is 5.83. The van der Waals surface area contributed by atoms with Gasteiger partial charge in [0.15, 0.2) is 11.6 Å². The molecule has 1 N–H and O–H groups in total. The lowest BCUT2D eigenvalue weighted by Crippen LogP contribution is -2.35. The number of benzene rings is 3. The number of carboxylic acid groups (broad SMARTS) is 1. The van der Waals surface area contributed by atoms with Gasteiger partial charge in [0.25, 0.3) is 0 Å². The number of nitrogens with zero attached hydrogens (tertiary/aromatic N) is 5. The number of unbranched alkanes of at least 4 members (excludes halogenated alkanes) is 1. The summed E-state index contributed by atoms with van der Waals surface area (Å²) in [5, 5.41) is 17.0. The highest BCUT2D eigenvalue weighted by atomic mass is 19.1. The van der Waals surface area contributed by atoms with Gasteiger partial charge >= 0.3 is 11.7 Å². The topological polar surface area (TPSA) is 102 Å². The number of aromatic carboxylic acids is 1. The number of methoxy groups -OCH3 is 1. The summed E-state index contributed by atoms with van der Waals surface area (Å²) in [5.74, 6) is -2.63. The van der Waals surface area contributed by atoms with Crippen LogP contribution in [0.1, 0.15) is 28.8 Å². The maximum atomic E-state index is 14.3. The molecule has 0 amide bonds. The average molecular weight is 510 g/mol. The average Bonchev–Trinajstić information content (AvgIpc) is 3.25. The molecule has 0 spiro atoms. The van der Waals surface area contributed by atoms with Crippen molar-refractivity contribution in [3.05, 3.63) is 100.0 Å². The molecular formula is C26H25F2N5O4. The molecule has 0 saturated carbocycles. The molecule has 0 unspecified atom stereocenters. The van der Waals surface area contributed by atoms with Gasteiger partial charge in [0.2, 0.25) is 0 Å². The minimum Gasteiger partial charge on any atom is -0.495 e. The minimum absolute atomic E-state index is 0.0366. The van der Waals surface area contributed by atoms with Gasteiger partial charge in [-0.3, -0.25) is 0 Å². The number of tetrazole rings is 1. The van der Waals surface area contributed by atoms with E-state index < -0.39 is 29.0 Å². The quantitative estimate of drug-likeness (QED) is 0.306. The Morgan fingerprint density at radius 3 is 2.41 bits per heavy atom. The summed E-state index contributed by atoms with van der Waals surface area (Å²) in [6.45, 7) is 0.263. The first kappa shape index (κ1) is 25.5. The van der Waals surface area contributed by atoms with Crippen LogP contribution in [0.25, 0.3) is 5.69 Å². The zero-order chi connectivity index (χ0) is 26.4. The van der Waals surface area contributed by atoms with E-state index in [1.807, 2.05) is 30.3 Å². The molecule has 0 saturated heterocycles. The van der Waals surface area contributed by atoms with E-state index in [9.17, 15) is 23.5 Å². The second-order valence-corrected chi connectivity index (χ2v) is 8.28. The predicted molar refractivity (Wildman–Crippen MR) is 132 cm³/mol. The molecule has 0 radical (unpaired) electrons. The van der Waals surface area contributed by atoms with Crippen molar-refractivity contribution in [2.45, 2.75) is 25.9 Å². The Bertz CT molecular complexity index is 1420. The van der Waals surface area contributed by atoms with Crippen LogP contribution < -0.4 is 15.3 Å². The molecule has 0 aliphatic heterocycles. The Morgan fingerprint density at radius 2 is 1.73 bits per heavy atom. The van der Waals surface area contributed by atoms with Crippen molar-refractivity contribution in [1.82, 2.24) is 19.8 Å². The van der Waals surface area contributed by atoms with Gasteiger partial charge in [-0.25, -0.2) is 18.4 Å². The zero-order valence-corrected chi connectivity index (χ0v) is 20.1. The van der Waals surface area contributed by atoms with Gasteiger partial charge in [0, 0.05) is 6.54 Å². The molecule has 0 bridgehead atoms. The maximum absolute atomic E-state index is 14.3. The summed E-state index contributed by atoms with van der Waals surface area (Å²) >= 11 is 0. The number of anilines is 1. The van der Waals surface area contributed by atoms with Crippen LogP contribution in [-0.4, -0.2) is 44.5 Å². The van der Waals surface area contributed by atoms with E-state index >= 15 is 0 Å². The second kappa shape index (κ2) is 11.5. The van der Waals surface area contributed by atoms with E-state index in [2.05, 4.69) is 10.4 Å². The summed E-state index contributed by atoms with van der Waals surface area (Å²) in [5.41, 5.74) is 0.172. The minimum atomic E-state index is -1.12. The van der Waals surface area contributed by atoms with Gasteiger partial charge in [0.1, 0.15) is 18.1 Å². The molecule has 11 heteroatoms. The number of carbonyl (C=O) groups is 1. The smallest absolute Gasteiger partial charge is 0.370 e. The third-order valence-corrected chi connectivity index (χ3v) is 5.85. The number of carboxylic acids is 1. The van der Waals surface area contributed by atoms with Crippen molar-refractivity contribution in [1.29, 1.82) is 0 Å². The number of ether oxygens (including phenoxy) is 1. The van der Waals surface area contributed by atoms with Gasteiger partial charge in [0.05, 0.1) is 18.4 Å². The van der Waals surface area contributed by atoms with Crippen LogP contribution in [0.15, 0.2) is 71.5 Å². The Hall–Kier alpha value is -4.54. The van der Waals surface area contributed by atoms with Crippen LogP contribution in [0, 0.1) is 11.6 Å². The van der Waals surface area contributed by atoms with Crippen LogP contribution in [-0.2, 0) is 13.1 Å². The molecule has 9 nitrogen and oxygen atoms in total. The van der Waals surface area contributed by atoms with Crippen molar-refractivity contribution in [3.63, 3.8) is 0 Å². The first-order valence-corrected chi connectivity index (χ1v) is 11.6. The van der Waals surface area contributed by atoms with Crippen molar-refractivity contribution >= 4 is 11.7 Å². The molecule has 1 heterocycles. The number of hydrogen-bond acceptors (Lipinski definition) is 6. The number of aromatic nitrogens is 4. The Kier molecular flexibility index (Phi) is 7.92. The fourth-order valence-corrected chi connectivity index (χ4v) is 3.97.